The number of nitrogens with two attached hydrogens (primary N) is 2. The molecule has 0 spiro atoms. The Bertz CT molecular complexity index is 714. The van der Waals surface area contributed by atoms with Gasteiger partial charge in [-0.05, 0) is 24.3 Å². The van der Waals surface area contributed by atoms with Crippen LogP contribution in [-0.2, 0) is 11.3 Å². The number of halogens is 1. The summed E-state index contributed by atoms with van der Waals surface area (Å²) in [6.45, 7) is 0.0868. The van der Waals surface area contributed by atoms with Gasteiger partial charge in [0.1, 0.15) is 5.75 Å². The van der Waals surface area contributed by atoms with E-state index in [0.717, 1.165) is 0 Å². The lowest BCUT2D eigenvalue weighted by molar-refractivity contribution is -0.111. The molecule has 2 aromatic rings. The largest absolute Gasteiger partial charge is 0.507 e. The Labute approximate surface area is 138 Å². The highest BCUT2D eigenvalue weighted by Crippen LogP contribution is 2.21. The van der Waals surface area contributed by atoms with Crippen LogP contribution < -0.4 is 16.8 Å². The van der Waals surface area contributed by atoms with E-state index in [2.05, 4.69) is 10.4 Å². The number of phenols is 1. The van der Waals surface area contributed by atoms with Crippen LogP contribution in [0, 0.1) is 0 Å². The average molecular weight is 340 g/mol. The fourth-order valence-corrected chi connectivity index (χ4v) is 1.83. The van der Waals surface area contributed by atoms with E-state index in [1.54, 1.807) is 12.1 Å². The van der Waals surface area contributed by atoms with E-state index >= 15 is 0 Å². The first kappa shape index (κ1) is 18.3. The van der Waals surface area contributed by atoms with Crippen LogP contribution in [0.25, 0.3) is 6.08 Å². The zero-order valence-electron chi connectivity index (χ0n) is 12.1. The summed E-state index contributed by atoms with van der Waals surface area (Å²) in [4.78, 5) is 11.9. The molecular weight excluding hydrogens is 322 g/mol. The second-order valence-electron chi connectivity index (χ2n) is 4.54. The van der Waals surface area contributed by atoms with Gasteiger partial charge in [-0.2, -0.15) is 5.10 Å². The van der Waals surface area contributed by atoms with Gasteiger partial charge in [0.25, 0.3) is 0 Å². The number of aliphatic hydroxyl groups excluding tert-OH is 1. The molecule has 0 saturated heterocycles. The molecule has 0 unspecified atom stereocenters. The van der Waals surface area contributed by atoms with Crippen molar-refractivity contribution < 1.29 is 15.0 Å². The first-order chi connectivity index (χ1) is 10.5. The highest BCUT2D eigenvalue weighted by molar-refractivity contribution is 6.03. The maximum absolute atomic E-state index is 11.9. The average Bonchev–Trinajstić information content (AvgIpc) is 2.82. The van der Waals surface area contributed by atoms with Crippen LogP contribution in [0.3, 0.4) is 0 Å². The van der Waals surface area contributed by atoms with Gasteiger partial charge in [-0.25, -0.2) is 4.68 Å². The minimum Gasteiger partial charge on any atom is -0.507 e. The molecule has 7 N–H and O–H groups in total. The normalized spacial score (nSPS) is 10.5. The second-order valence-corrected chi connectivity index (χ2v) is 4.54. The van der Waals surface area contributed by atoms with Crippen LogP contribution in [0.1, 0.15) is 5.56 Å². The summed E-state index contributed by atoms with van der Waals surface area (Å²) in [6, 6.07) is 4.55. The van der Waals surface area contributed by atoms with Crippen molar-refractivity contribution in [3.63, 3.8) is 0 Å². The van der Waals surface area contributed by atoms with Crippen molar-refractivity contribution in [3.05, 3.63) is 36.0 Å². The van der Waals surface area contributed by atoms with E-state index in [1.165, 1.54) is 29.1 Å². The van der Waals surface area contributed by atoms with Gasteiger partial charge < -0.3 is 27.0 Å². The number of aromatic hydroxyl groups is 1. The minimum atomic E-state index is -0.451. The molecule has 1 amide bonds. The monoisotopic (exact) mass is 339 g/mol. The topological polar surface area (TPSA) is 139 Å². The second kappa shape index (κ2) is 8.06. The number of nitrogens with zero attached hydrogens (tertiary/aromatic N) is 2. The quantitative estimate of drug-likeness (QED) is 0.310. The Hall–Kier alpha value is -2.71. The molecule has 1 heterocycles. The lowest BCUT2D eigenvalue weighted by Gasteiger charge is -2.07. The number of amides is 1. The number of benzene rings is 1. The van der Waals surface area contributed by atoms with Crippen LogP contribution >= 0.6 is 12.4 Å². The molecule has 0 saturated carbocycles. The molecular formula is C14H18ClN5O3. The number of carbonyl (C=O) groups excluding carboxylic acids is 1. The highest BCUT2D eigenvalue weighted by Gasteiger charge is 2.10. The highest BCUT2D eigenvalue weighted by atomic mass is 35.5. The molecule has 0 aliphatic heterocycles. The van der Waals surface area contributed by atoms with E-state index in [1.807, 2.05) is 0 Å². The van der Waals surface area contributed by atoms with E-state index in [0.29, 0.717) is 22.8 Å². The molecule has 0 bridgehead atoms. The van der Waals surface area contributed by atoms with E-state index in [9.17, 15) is 9.90 Å². The summed E-state index contributed by atoms with van der Waals surface area (Å²) in [5.41, 5.74) is 12.5. The Morgan fingerprint density at radius 3 is 2.83 bits per heavy atom. The van der Waals surface area contributed by atoms with Gasteiger partial charge in [0.15, 0.2) is 5.82 Å². The molecule has 1 aromatic heterocycles. The Balaban J connectivity index is 0.00000264. The minimum absolute atomic E-state index is 0. The third-order valence-corrected chi connectivity index (χ3v) is 2.89. The van der Waals surface area contributed by atoms with Crippen molar-refractivity contribution in [2.75, 3.05) is 23.4 Å². The Morgan fingerprint density at radius 2 is 2.13 bits per heavy atom. The maximum atomic E-state index is 11.9. The molecule has 124 valence electrons. The van der Waals surface area contributed by atoms with E-state index in [4.69, 9.17) is 16.6 Å². The number of anilines is 3. The third kappa shape index (κ3) is 4.63. The van der Waals surface area contributed by atoms with Crippen molar-refractivity contribution >= 4 is 41.6 Å². The zero-order valence-corrected chi connectivity index (χ0v) is 13.0. The first-order valence-electron chi connectivity index (χ1n) is 6.51. The molecule has 0 fully saturated rings. The number of hydrogen-bond acceptors (Lipinski definition) is 6. The fraction of sp³-hybridized carbons (Fsp3) is 0.143. The number of carbonyl (C=O) groups is 1. The van der Waals surface area contributed by atoms with Crippen molar-refractivity contribution in [1.29, 1.82) is 0 Å². The number of nitrogen functional groups attached to an aromatic ring is 2. The first-order valence-corrected chi connectivity index (χ1v) is 6.51. The van der Waals surface area contributed by atoms with Gasteiger partial charge in [-0.1, -0.05) is 0 Å². The third-order valence-electron chi connectivity index (χ3n) is 2.89. The smallest absolute Gasteiger partial charge is 0.249 e. The molecule has 0 atom stereocenters. The maximum Gasteiger partial charge on any atom is 0.249 e. The molecule has 23 heavy (non-hydrogen) atoms. The Morgan fingerprint density at radius 1 is 1.39 bits per heavy atom. The van der Waals surface area contributed by atoms with Gasteiger partial charge in [0, 0.05) is 17.3 Å². The van der Waals surface area contributed by atoms with Crippen molar-refractivity contribution in [3.8, 4) is 5.75 Å². The zero-order chi connectivity index (χ0) is 16.1. The molecule has 1 aromatic carbocycles. The fourth-order valence-electron chi connectivity index (χ4n) is 1.83. The summed E-state index contributed by atoms with van der Waals surface area (Å²) in [5.74, 6) is -0.128. The number of aliphatic hydroxyl groups is 1. The van der Waals surface area contributed by atoms with E-state index < -0.39 is 5.91 Å². The summed E-state index contributed by atoms with van der Waals surface area (Å²) < 4.78 is 1.39. The van der Waals surface area contributed by atoms with Gasteiger partial charge in [0.2, 0.25) is 5.91 Å². The summed E-state index contributed by atoms with van der Waals surface area (Å²) in [7, 11) is 0. The molecule has 0 aliphatic rings. The van der Waals surface area contributed by atoms with Crippen LogP contribution in [0.2, 0.25) is 0 Å². The number of rotatable bonds is 5. The van der Waals surface area contributed by atoms with Crippen LogP contribution in [-0.4, -0.2) is 32.5 Å². The van der Waals surface area contributed by atoms with Crippen LogP contribution in [0.15, 0.2) is 30.5 Å². The lowest BCUT2D eigenvalue weighted by atomic mass is 10.1. The predicted octanol–water partition coefficient (Wildman–Crippen LogP) is 0.819. The van der Waals surface area contributed by atoms with Gasteiger partial charge in [-0.3, -0.25) is 4.79 Å². The SMILES string of the molecule is Cl.Nc1ccc(O)c(C=CC(=O)Nc2c(N)cnn2CCO)c1. The van der Waals surface area contributed by atoms with Crippen LogP contribution in [0.5, 0.6) is 5.75 Å². The lowest BCUT2D eigenvalue weighted by Crippen LogP contribution is -2.15. The number of hydrogen-bond donors (Lipinski definition) is 5. The summed E-state index contributed by atoms with van der Waals surface area (Å²) >= 11 is 0. The standard InChI is InChI=1S/C14H17N5O3.ClH/c15-10-2-3-12(21)9(7-10)1-4-13(22)18-14-11(16)8-17-19(14)5-6-20;/h1-4,7-8,20-21H,5-6,15-16H2,(H,18,22);1H. The van der Waals surface area contributed by atoms with E-state index in [-0.39, 0.29) is 31.3 Å². The van der Waals surface area contributed by atoms with Crippen molar-refractivity contribution in [2.45, 2.75) is 6.54 Å². The van der Waals surface area contributed by atoms with Gasteiger partial charge in [0.05, 0.1) is 25.0 Å². The van der Waals surface area contributed by atoms with Crippen LogP contribution in [0.4, 0.5) is 17.2 Å². The Kier molecular flexibility index (Phi) is 6.43. The number of aromatic nitrogens is 2. The number of nitrogens with one attached hydrogen (secondary N) is 1. The van der Waals surface area contributed by atoms with Crippen molar-refractivity contribution in [2.24, 2.45) is 0 Å². The number of phenolic OH excluding ortho intramolecular Hbond substituents is 1. The van der Waals surface area contributed by atoms with Gasteiger partial charge >= 0.3 is 0 Å². The summed E-state index contributed by atoms with van der Waals surface area (Å²) in [6.07, 6.45) is 4.06. The van der Waals surface area contributed by atoms with Crippen molar-refractivity contribution in [1.82, 2.24) is 9.78 Å². The molecule has 9 heteroatoms. The molecule has 8 nitrogen and oxygen atoms in total. The predicted molar refractivity (Wildman–Crippen MR) is 91.2 cm³/mol. The van der Waals surface area contributed by atoms with Gasteiger partial charge in [-0.15, -0.1) is 12.4 Å². The molecule has 2 rings (SSSR count). The molecule has 0 radical (unpaired) electrons. The summed E-state index contributed by atoms with van der Waals surface area (Å²) in [5, 5.41) is 25.1. The molecule has 0 aliphatic carbocycles.